The van der Waals surface area contributed by atoms with Gasteiger partial charge in [-0.3, -0.25) is 14.5 Å². The van der Waals surface area contributed by atoms with Crippen molar-refractivity contribution in [1.29, 1.82) is 5.26 Å². The third-order valence-corrected chi connectivity index (χ3v) is 10.4. The minimum atomic E-state index is -2.90. The number of ether oxygens (including phenoxy) is 1. The van der Waals surface area contributed by atoms with E-state index >= 15 is 0 Å². The zero-order chi connectivity index (χ0) is 35.3. The average Bonchev–Trinajstić information content (AvgIpc) is 3.48. The van der Waals surface area contributed by atoms with Crippen molar-refractivity contribution in [3.05, 3.63) is 96.1 Å². The number of benzene rings is 3. The highest BCUT2D eigenvalue weighted by Crippen LogP contribution is 2.36. The molecule has 1 amide bonds. The highest BCUT2D eigenvalue weighted by Gasteiger charge is 2.24. The molecular formula is C37H38FN7O4S. The number of amides is 1. The smallest absolute Gasteiger partial charge is 0.248 e. The van der Waals surface area contributed by atoms with Gasteiger partial charge in [-0.15, -0.1) is 0 Å². The number of fused-ring (bicyclic) bond motifs is 2. The van der Waals surface area contributed by atoms with E-state index in [9.17, 15) is 22.9 Å². The van der Waals surface area contributed by atoms with Crippen molar-refractivity contribution in [3.8, 4) is 11.8 Å². The second-order valence-electron chi connectivity index (χ2n) is 12.5. The molecule has 0 spiro atoms. The zero-order valence-electron chi connectivity index (χ0n) is 27.9. The van der Waals surface area contributed by atoms with Crippen LogP contribution in [0.1, 0.15) is 30.9 Å². The van der Waals surface area contributed by atoms with Gasteiger partial charge in [0, 0.05) is 47.9 Å². The summed E-state index contributed by atoms with van der Waals surface area (Å²) in [5.41, 5.74) is 4.23. The lowest BCUT2D eigenvalue weighted by Gasteiger charge is -2.26. The number of anilines is 3. The van der Waals surface area contributed by atoms with Gasteiger partial charge in [0.1, 0.15) is 27.5 Å². The molecule has 3 aromatic carbocycles. The Labute approximate surface area is 290 Å². The molecule has 11 nitrogen and oxygen atoms in total. The van der Waals surface area contributed by atoms with Crippen molar-refractivity contribution in [2.24, 2.45) is 5.92 Å². The number of carbonyl (C=O) groups is 1. The van der Waals surface area contributed by atoms with Crippen LogP contribution in [-0.4, -0.2) is 72.2 Å². The first-order chi connectivity index (χ1) is 24.1. The third kappa shape index (κ3) is 8.27. The SMILES string of the molecule is CCOc1cc2ncc(C#N)c(Nc3ccc4c(cnn4Cc4cccc(F)c4)c3)c2cc1NC(=O)/C=C/CN(C)CC1CCS(=O)(=O)CC1. The van der Waals surface area contributed by atoms with E-state index in [1.165, 1.54) is 24.4 Å². The van der Waals surface area contributed by atoms with Gasteiger partial charge in [0.05, 0.1) is 58.8 Å². The first-order valence-electron chi connectivity index (χ1n) is 16.4. The van der Waals surface area contributed by atoms with E-state index in [4.69, 9.17) is 4.74 Å². The molecule has 0 atom stereocenters. The van der Waals surface area contributed by atoms with Crippen LogP contribution < -0.4 is 15.4 Å². The van der Waals surface area contributed by atoms with Crippen molar-refractivity contribution in [2.45, 2.75) is 26.3 Å². The van der Waals surface area contributed by atoms with Gasteiger partial charge in [-0.2, -0.15) is 10.4 Å². The van der Waals surface area contributed by atoms with Crippen LogP contribution in [-0.2, 0) is 21.2 Å². The summed E-state index contributed by atoms with van der Waals surface area (Å²) in [4.78, 5) is 19.6. The molecule has 0 unspecified atom stereocenters. The summed E-state index contributed by atoms with van der Waals surface area (Å²) < 4.78 is 44.9. The molecule has 1 aliphatic heterocycles. The maximum absolute atomic E-state index is 13.7. The van der Waals surface area contributed by atoms with Gasteiger partial charge in [0.2, 0.25) is 5.91 Å². The van der Waals surface area contributed by atoms with Gasteiger partial charge in [0.15, 0.2) is 0 Å². The predicted octanol–water partition coefficient (Wildman–Crippen LogP) is 6.04. The standard InChI is InChI=1S/C37H38FN7O4S/c1-3-49-35-19-32-31(18-33(35)43-36(46)8-5-13-44(2)23-25-11-14-50(47,48)15-12-25)37(28(20-39)21-40-32)42-30-9-10-34-27(17-30)22-41-45(34)24-26-6-4-7-29(38)16-26/h4-10,16-19,21-22,25H,3,11-15,23-24H2,1-2H3,(H,40,42)(H,43,46)/b8-5+. The fraction of sp³-hybridized carbons (Fsp3) is 0.297. The lowest BCUT2D eigenvalue weighted by atomic mass is 10.0. The summed E-state index contributed by atoms with van der Waals surface area (Å²) in [6.07, 6.45) is 7.81. The maximum atomic E-state index is 13.7. The van der Waals surface area contributed by atoms with Crippen LogP contribution in [0.2, 0.25) is 0 Å². The molecule has 1 saturated heterocycles. The molecule has 258 valence electrons. The molecule has 50 heavy (non-hydrogen) atoms. The second-order valence-corrected chi connectivity index (χ2v) is 14.8. The van der Waals surface area contributed by atoms with Crippen molar-refractivity contribution >= 4 is 54.6 Å². The molecule has 0 saturated carbocycles. The van der Waals surface area contributed by atoms with Gasteiger partial charge < -0.3 is 20.3 Å². The Hall–Kier alpha value is -5.32. The number of carbonyl (C=O) groups excluding carboxylic acids is 1. The number of sulfone groups is 1. The number of nitriles is 1. The second kappa shape index (κ2) is 15.1. The van der Waals surface area contributed by atoms with Gasteiger partial charge >= 0.3 is 0 Å². The van der Waals surface area contributed by atoms with Crippen LogP contribution >= 0.6 is 0 Å². The summed E-state index contributed by atoms with van der Waals surface area (Å²) in [5, 5.41) is 22.3. The first kappa shape index (κ1) is 34.5. The Kier molecular flexibility index (Phi) is 10.4. The molecular weight excluding hydrogens is 658 g/mol. The van der Waals surface area contributed by atoms with Gasteiger partial charge in [-0.1, -0.05) is 18.2 Å². The van der Waals surface area contributed by atoms with Crippen LogP contribution in [0.5, 0.6) is 5.75 Å². The summed E-state index contributed by atoms with van der Waals surface area (Å²) in [6, 6.07) is 17.9. The van der Waals surface area contributed by atoms with E-state index in [0.29, 0.717) is 77.7 Å². The van der Waals surface area contributed by atoms with Crippen molar-refractivity contribution in [3.63, 3.8) is 0 Å². The molecule has 6 rings (SSSR count). The van der Waals surface area contributed by atoms with E-state index in [1.807, 2.05) is 38.2 Å². The molecule has 1 fully saturated rings. The number of aromatic nitrogens is 3. The molecule has 5 aromatic rings. The van der Waals surface area contributed by atoms with Crippen LogP contribution in [0, 0.1) is 23.1 Å². The van der Waals surface area contributed by atoms with E-state index < -0.39 is 9.84 Å². The van der Waals surface area contributed by atoms with Gasteiger partial charge in [-0.25, -0.2) is 12.8 Å². The monoisotopic (exact) mass is 695 g/mol. The Morgan fingerprint density at radius 2 is 1.98 bits per heavy atom. The van der Waals surface area contributed by atoms with E-state index in [2.05, 4.69) is 31.7 Å². The lowest BCUT2D eigenvalue weighted by Crippen LogP contribution is -2.32. The Balaban J connectivity index is 1.20. The van der Waals surface area contributed by atoms with Gasteiger partial charge in [-0.05, 0) is 74.7 Å². The molecule has 2 aromatic heterocycles. The van der Waals surface area contributed by atoms with Crippen LogP contribution in [0.3, 0.4) is 0 Å². The Morgan fingerprint density at radius 3 is 2.74 bits per heavy atom. The molecule has 0 aliphatic carbocycles. The molecule has 2 N–H and O–H groups in total. The Bertz CT molecular complexity index is 2210. The molecule has 0 radical (unpaired) electrons. The van der Waals surface area contributed by atoms with Crippen LogP contribution in [0.15, 0.2) is 79.1 Å². The summed E-state index contributed by atoms with van der Waals surface area (Å²) in [5.74, 6) is 0.593. The number of likely N-dealkylation sites (N-methyl/N-ethyl adjacent to an activating group) is 1. The quantitative estimate of drug-likeness (QED) is 0.150. The number of nitrogens with one attached hydrogen (secondary N) is 2. The number of hydrogen-bond donors (Lipinski definition) is 2. The van der Waals surface area contributed by atoms with Crippen LogP contribution in [0.25, 0.3) is 21.8 Å². The highest BCUT2D eigenvalue weighted by molar-refractivity contribution is 7.91. The van der Waals surface area contributed by atoms with Crippen molar-refractivity contribution in [2.75, 3.05) is 48.9 Å². The molecule has 1 aliphatic rings. The number of halogens is 1. The minimum Gasteiger partial charge on any atom is -0.492 e. The van der Waals surface area contributed by atoms with Crippen molar-refractivity contribution in [1.82, 2.24) is 19.7 Å². The highest BCUT2D eigenvalue weighted by atomic mass is 32.2. The summed E-state index contributed by atoms with van der Waals surface area (Å²) in [7, 11) is -0.951. The first-order valence-corrected chi connectivity index (χ1v) is 18.3. The van der Waals surface area contributed by atoms with E-state index in [-0.39, 0.29) is 23.2 Å². The summed E-state index contributed by atoms with van der Waals surface area (Å²) >= 11 is 0. The number of hydrogen-bond acceptors (Lipinski definition) is 9. The topological polar surface area (TPSA) is 142 Å². The Morgan fingerprint density at radius 1 is 1.16 bits per heavy atom. The summed E-state index contributed by atoms with van der Waals surface area (Å²) in [6.45, 7) is 3.92. The fourth-order valence-electron chi connectivity index (χ4n) is 6.21. The fourth-order valence-corrected chi connectivity index (χ4v) is 7.80. The van der Waals surface area contributed by atoms with E-state index in [0.717, 1.165) is 23.0 Å². The lowest BCUT2D eigenvalue weighted by molar-refractivity contribution is -0.111. The molecule has 13 heteroatoms. The van der Waals surface area contributed by atoms with E-state index in [1.54, 1.807) is 35.2 Å². The van der Waals surface area contributed by atoms with Gasteiger partial charge in [0.25, 0.3) is 0 Å². The minimum absolute atomic E-state index is 0.237. The third-order valence-electron chi connectivity index (χ3n) is 8.71. The largest absolute Gasteiger partial charge is 0.492 e. The predicted molar refractivity (Wildman–Crippen MR) is 193 cm³/mol. The number of pyridine rings is 1. The zero-order valence-corrected chi connectivity index (χ0v) is 28.7. The number of rotatable bonds is 12. The molecule has 0 bridgehead atoms. The van der Waals surface area contributed by atoms with Crippen molar-refractivity contribution < 1.29 is 22.3 Å². The average molecular weight is 696 g/mol. The normalized spacial score (nSPS) is 14.7. The van der Waals surface area contributed by atoms with Crippen LogP contribution in [0.4, 0.5) is 21.5 Å². The molecule has 3 heterocycles. The maximum Gasteiger partial charge on any atom is 0.248 e. The number of nitrogens with zero attached hydrogens (tertiary/aromatic N) is 5.